The zero-order chi connectivity index (χ0) is 24.6. The molecule has 2 atom stereocenters. The van der Waals surface area contributed by atoms with Gasteiger partial charge in [-0.25, -0.2) is 0 Å². The summed E-state index contributed by atoms with van der Waals surface area (Å²) in [5.74, 6) is 0.603. The zero-order valence-electron chi connectivity index (χ0n) is 20.1. The molecule has 1 saturated heterocycles. The molecule has 3 aromatic rings. The van der Waals surface area contributed by atoms with E-state index >= 15 is 0 Å². The molecule has 7 nitrogen and oxygen atoms in total. The van der Waals surface area contributed by atoms with Crippen molar-refractivity contribution in [3.63, 3.8) is 0 Å². The van der Waals surface area contributed by atoms with Gasteiger partial charge in [0.05, 0.1) is 32.8 Å². The molecule has 1 aromatic heterocycles. The van der Waals surface area contributed by atoms with Gasteiger partial charge in [0, 0.05) is 24.5 Å². The van der Waals surface area contributed by atoms with Crippen LogP contribution < -0.4 is 14.4 Å². The molecule has 4 rings (SSSR count). The first-order valence-corrected chi connectivity index (χ1v) is 11.8. The summed E-state index contributed by atoms with van der Waals surface area (Å²) in [6.07, 6.45) is 5.75. The number of amides is 1. The molecular weight excluding hydrogens is 444 g/mol. The van der Waals surface area contributed by atoms with Crippen molar-refractivity contribution in [2.45, 2.75) is 31.7 Å². The lowest BCUT2D eigenvalue weighted by Crippen LogP contribution is -2.46. The first-order chi connectivity index (χ1) is 17.1. The number of hydrogen-bond acceptors (Lipinski definition) is 6. The first-order valence-electron chi connectivity index (χ1n) is 11.8. The van der Waals surface area contributed by atoms with E-state index in [9.17, 15) is 9.59 Å². The molecule has 1 fully saturated rings. The lowest BCUT2D eigenvalue weighted by Gasteiger charge is -2.40. The Kier molecular flexibility index (Phi) is 7.98. The Morgan fingerprint density at radius 3 is 2.31 bits per heavy atom. The van der Waals surface area contributed by atoms with E-state index in [1.54, 1.807) is 25.3 Å². The van der Waals surface area contributed by atoms with Crippen molar-refractivity contribution in [3.05, 3.63) is 84.2 Å². The number of ether oxygens (including phenoxy) is 3. The van der Waals surface area contributed by atoms with Crippen LogP contribution in [0.15, 0.2) is 73.1 Å². The van der Waals surface area contributed by atoms with Gasteiger partial charge in [-0.3, -0.25) is 14.6 Å². The molecule has 0 aliphatic carbocycles. The number of methoxy groups -OCH3 is 2. The number of aromatic nitrogens is 1. The minimum atomic E-state index is -0.485. The molecule has 35 heavy (non-hydrogen) atoms. The maximum absolute atomic E-state index is 13.3. The molecule has 0 bridgehead atoms. The zero-order valence-corrected chi connectivity index (χ0v) is 20.1. The quantitative estimate of drug-likeness (QED) is 0.329. The van der Waals surface area contributed by atoms with Crippen molar-refractivity contribution in [2.75, 3.05) is 25.7 Å². The van der Waals surface area contributed by atoms with Gasteiger partial charge in [-0.1, -0.05) is 18.2 Å². The van der Waals surface area contributed by atoms with Crippen LogP contribution in [0.4, 0.5) is 5.69 Å². The second kappa shape index (κ2) is 11.5. The Bertz CT molecular complexity index is 1120. The number of rotatable bonds is 9. The van der Waals surface area contributed by atoms with Crippen molar-refractivity contribution in [1.82, 2.24) is 4.98 Å². The summed E-state index contributed by atoms with van der Waals surface area (Å²) < 4.78 is 16.3. The standard InChI is InChI=1S/C28H30N2O5/c1-33-23-11-7-21(8-12-23)27-25(28(32)35-18-4-6-20-5-3-17-29-19-20)15-16-26(31)30(27)22-9-13-24(34-2)14-10-22/h3,5,7-14,17,19,25,27H,4,6,15-16,18H2,1-2H3. The molecule has 2 aromatic carbocycles. The summed E-state index contributed by atoms with van der Waals surface area (Å²) in [6.45, 7) is 0.316. The SMILES string of the molecule is COc1ccc(C2C(C(=O)OCCCc3cccnc3)CCC(=O)N2c2ccc(OC)cc2)cc1. The highest BCUT2D eigenvalue weighted by Gasteiger charge is 2.42. The second-order valence-electron chi connectivity index (χ2n) is 8.46. The molecule has 2 heterocycles. The smallest absolute Gasteiger partial charge is 0.311 e. The number of carbonyl (C=O) groups excluding carboxylic acids is 2. The Morgan fingerprint density at radius 1 is 1.00 bits per heavy atom. The van der Waals surface area contributed by atoms with Crippen LogP contribution in [0.2, 0.25) is 0 Å². The van der Waals surface area contributed by atoms with Crippen molar-refractivity contribution in [2.24, 2.45) is 5.92 Å². The Balaban J connectivity index is 1.55. The summed E-state index contributed by atoms with van der Waals surface area (Å²) in [5, 5.41) is 0. The average Bonchev–Trinajstić information content (AvgIpc) is 2.91. The maximum Gasteiger partial charge on any atom is 0.311 e. The molecule has 0 spiro atoms. The topological polar surface area (TPSA) is 78.0 Å². The lowest BCUT2D eigenvalue weighted by atomic mass is 9.83. The minimum Gasteiger partial charge on any atom is -0.497 e. The summed E-state index contributed by atoms with van der Waals surface area (Å²) in [7, 11) is 3.20. The highest BCUT2D eigenvalue weighted by Crippen LogP contribution is 2.41. The van der Waals surface area contributed by atoms with Gasteiger partial charge < -0.3 is 19.1 Å². The molecule has 1 aliphatic rings. The molecule has 0 N–H and O–H groups in total. The molecule has 1 amide bonds. The van der Waals surface area contributed by atoms with Gasteiger partial charge in [0.1, 0.15) is 11.5 Å². The van der Waals surface area contributed by atoms with E-state index in [0.29, 0.717) is 36.6 Å². The largest absolute Gasteiger partial charge is 0.497 e. The fourth-order valence-electron chi connectivity index (χ4n) is 4.47. The third-order valence-corrected chi connectivity index (χ3v) is 6.28. The average molecular weight is 475 g/mol. The van der Waals surface area contributed by atoms with Crippen LogP contribution in [0.3, 0.4) is 0 Å². The molecule has 7 heteroatoms. The van der Waals surface area contributed by atoms with Crippen molar-refractivity contribution < 1.29 is 23.8 Å². The number of esters is 1. The minimum absolute atomic E-state index is 0.0309. The van der Waals surface area contributed by atoms with E-state index in [2.05, 4.69) is 4.98 Å². The van der Waals surface area contributed by atoms with E-state index in [4.69, 9.17) is 14.2 Å². The number of nitrogens with zero attached hydrogens (tertiary/aromatic N) is 2. The van der Waals surface area contributed by atoms with Gasteiger partial charge >= 0.3 is 5.97 Å². The first kappa shape index (κ1) is 24.3. The predicted molar refractivity (Wildman–Crippen MR) is 132 cm³/mol. The van der Waals surface area contributed by atoms with Gasteiger partial charge in [0.2, 0.25) is 5.91 Å². The Morgan fingerprint density at radius 2 is 1.69 bits per heavy atom. The monoisotopic (exact) mass is 474 g/mol. The van der Waals surface area contributed by atoms with Gasteiger partial charge in [-0.15, -0.1) is 0 Å². The highest BCUT2D eigenvalue weighted by atomic mass is 16.5. The van der Waals surface area contributed by atoms with Crippen LogP contribution in [0.1, 0.15) is 36.4 Å². The molecular formula is C28H30N2O5. The van der Waals surface area contributed by atoms with Crippen molar-refractivity contribution >= 4 is 17.6 Å². The summed E-state index contributed by atoms with van der Waals surface area (Å²) in [4.78, 5) is 32.3. The number of piperidine rings is 1. The van der Waals surface area contributed by atoms with Gasteiger partial charge in [0.25, 0.3) is 0 Å². The van der Waals surface area contributed by atoms with Crippen molar-refractivity contribution in [3.8, 4) is 11.5 Å². The number of pyridine rings is 1. The molecule has 2 unspecified atom stereocenters. The van der Waals surface area contributed by atoms with E-state index in [1.165, 1.54) is 0 Å². The molecule has 1 aliphatic heterocycles. The Labute approximate surface area is 205 Å². The number of anilines is 1. The third-order valence-electron chi connectivity index (χ3n) is 6.28. The van der Waals surface area contributed by atoms with Crippen LogP contribution in [0.25, 0.3) is 0 Å². The predicted octanol–water partition coefficient (Wildman–Crippen LogP) is 4.76. The van der Waals surface area contributed by atoms with Crippen LogP contribution in [0.5, 0.6) is 11.5 Å². The number of aryl methyl sites for hydroxylation is 1. The number of benzene rings is 2. The van der Waals surface area contributed by atoms with E-state index in [-0.39, 0.29) is 18.3 Å². The van der Waals surface area contributed by atoms with E-state index < -0.39 is 12.0 Å². The van der Waals surface area contributed by atoms with Crippen LogP contribution in [-0.4, -0.2) is 37.7 Å². The number of hydrogen-bond donors (Lipinski definition) is 0. The van der Waals surface area contributed by atoms with Crippen LogP contribution in [-0.2, 0) is 20.7 Å². The number of carbonyl (C=O) groups is 2. The van der Waals surface area contributed by atoms with E-state index in [0.717, 1.165) is 17.5 Å². The van der Waals surface area contributed by atoms with Crippen molar-refractivity contribution in [1.29, 1.82) is 0 Å². The van der Waals surface area contributed by atoms with Crippen LogP contribution >= 0.6 is 0 Å². The second-order valence-corrected chi connectivity index (χ2v) is 8.46. The highest BCUT2D eigenvalue weighted by molar-refractivity contribution is 5.97. The summed E-state index contributed by atoms with van der Waals surface area (Å²) in [6, 6.07) is 18.2. The maximum atomic E-state index is 13.3. The normalized spacial score (nSPS) is 17.7. The molecule has 0 saturated carbocycles. The summed E-state index contributed by atoms with van der Waals surface area (Å²) >= 11 is 0. The third kappa shape index (κ3) is 5.80. The lowest BCUT2D eigenvalue weighted by molar-refractivity contribution is -0.151. The van der Waals surface area contributed by atoms with Gasteiger partial charge in [-0.2, -0.15) is 0 Å². The van der Waals surface area contributed by atoms with Gasteiger partial charge in [-0.05, 0) is 72.9 Å². The van der Waals surface area contributed by atoms with E-state index in [1.807, 2.05) is 66.9 Å². The fraction of sp³-hybridized carbons (Fsp3) is 0.321. The van der Waals surface area contributed by atoms with Crippen LogP contribution in [0, 0.1) is 5.92 Å². The Hall–Kier alpha value is -3.87. The molecule has 182 valence electrons. The molecule has 0 radical (unpaired) electrons. The summed E-state index contributed by atoms with van der Waals surface area (Å²) in [5.41, 5.74) is 2.67. The van der Waals surface area contributed by atoms with Gasteiger partial charge in [0.15, 0.2) is 0 Å². The fourth-order valence-corrected chi connectivity index (χ4v) is 4.47.